The van der Waals surface area contributed by atoms with Gasteiger partial charge in [0.15, 0.2) is 23.0 Å². The maximum absolute atomic E-state index is 13.9. The first-order chi connectivity index (χ1) is 19.3. The van der Waals surface area contributed by atoms with Gasteiger partial charge >= 0.3 is 0 Å². The number of rotatable bonds is 5. The van der Waals surface area contributed by atoms with Gasteiger partial charge in [-0.2, -0.15) is 10.5 Å². The molecule has 4 aromatic rings. The van der Waals surface area contributed by atoms with Gasteiger partial charge in [0.05, 0.1) is 45.3 Å². The lowest BCUT2D eigenvalue weighted by Crippen LogP contribution is -2.00. The van der Waals surface area contributed by atoms with Crippen LogP contribution in [0.5, 0.6) is 23.0 Å². The SMILES string of the molecule is Brc1ccccn1.COc1cc(F)c(C#N)c(-c2ccccn2)c1OC.COc1cc(F)c(C#N)c(C)c1OC. The molecule has 40 heavy (non-hydrogen) atoms. The molecule has 0 radical (unpaired) electrons. The van der Waals surface area contributed by atoms with Crippen LogP contribution in [0.2, 0.25) is 0 Å². The standard InChI is InChI=1S/C14H11FN2O2.C10H10FNO2.C5H4BrN/c1-18-12-7-10(15)9(8-16)13(14(12)19-2)11-5-3-4-6-17-11;1-6-7(5-12)8(11)4-9(13-2)10(6)14-3;6-5-3-1-2-4-7-5/h3-7H,1-2H3;4H,1-3H3;1-4H. The average Bonchev–Trinajstić information content (AvgIpc) is 2.98. The van der Waals surface area contributed by atoms with E-state index in [1.54, 1.807) is 43.6 Å². The first-order valence-corrected chi connectivity index (χ1v) is 12.2. The van der Waals surface area contributed by atoms with E-state index in [9.17, 15) is 8.78 Å². The summed E-state index contributed by atoms with van der Waals surface area (Å²) in [5.74, 6) is -0.0609. The molecule has 0 N–H and O–H groups in total. The molecule has 4 rings (SSSR count). The Morgan fingerprint density at radius 1 is 0.725 bits per heavy atom. The van der Waals surface area contributed by atoms with Crippen LogP contribution in [0.15, 0.2) is 65.5 Å². The summed E-state index contributed by atoms with van der Waals surface area (Å²) in [4.78, 5) is 8.03. The third-order valence-corrected chi connectivity index (χ3v) is 5.72. The van der Waals surface area contributed by atoms with E-state index in [-0.39, 0.29) is 16.9 Å². The molecule has 0 spiro atoms. The molecule has 0 atom stereocenters. The second-order valence-electron chi connectivity index (χ2n) is 7.53. The smallest absolute Gasteiger partial charge is 0.171 e. The molecule has 0 fully saturated rings. The Hall–Kier alpha value is -4.74. The second kappa shape index (κ2) is 15.6. The van der Waals surface area contributed by atoms with Crippen LogP contribution in [0, 0.1) is 41.2 Å². The molecular formula is C29H25BrF2N4O4. The highest BCUT2D eigenvalue weighted by atomic mass is 79.9. The minimum Gasteiger partial charge on any atom is -0.493 e. The Bertz CT molecular complexity index is 1510. The highest BCUT2D eigenvalue weighted by molar-refractivity contribution is 9.10. The molecule has 11 heteroatoms. The number of pyridine rings is 2. The number of ether oxygens (including phenoxy) is 4. The zero-order chi connectivity index (χ0) is 29.7. The fourth-order valence-electron chi connectivity index (χ4n) is 3.44. The quantitative estimate of drug-likeness (QED) is 0.231. The van der Waals surface area contributed by atoms with E-state index in [2.05, 4.69) is 25.9 Å². The molecule has 2 heterocycles. The Kier molecular flexibility index (Phi) is 12.3. The minimum atomic E-state index is -0.666. The van der Waals surface area contributed by atoms with Crippen LogP contribution in [0.25, 0.3) is 11.3 Å². The number of hydrogen-bond donors (Lipinski definition) is 0. The highest BCUT2D eigenvalue weighted by Gasteiger charge is 2.22. The molecule has 0 aliphatic heterocycles. The van der Waals surface area contributed by atoms with Crippen molar-refractivity contribution < 1.29 is 27.7 Å². The molecule has 0 saturated heterocycles. The minimum absolute atomic E-state index is 0.0114. The fraction of sp³-hybridized carbons (Fsp3) is 0.172. The van der Waals surface area contributed by atoms with Crippen LogP contribution in [-0.4, -0.2) is 38.4 Å². The highest BCUT2D eigenvalue weighted by Crippen LogP contribution is 2.41. The van der Waals surface area contributed by atoms with E-state index in [4.69, 9.17) is 29.5 Å². The lowest BCUT2D eigenvalue weighted by Gasteiger charge is -2.14. The Balaban J connectivity index is 0.000000233. The van der Waals surface area contributed by atoms with Crippen molar-refractivity contribution in [2.75, 3.05) is 28.4 Å². The average molecular weight is 611 g/mol. The van der Waals surface area contributed by atoms with Crippen molar-refractivity contribution in [1.29, 1.82) is 10.5 Å². The normalized spacial score (nSPS) is 9.45. The van der Waals surface area contributed by atoms with Gasteiger partial charge in [0.2, 0.25) is 0 Å². The van der Waals surface area contributed by atoms with Crippen molar-refractivity contribution in [3.8, 4) is 46.4 Å². The van der Waals surface area contributed by atoms with Crippen LogP contribution in [-0.2, 0) is 0 Å². The maximum atomic E-state index is 13.9. The summed E-state index contributed by atoms with van der Waals surface area (Å²) in [6.07, 6.45) is 3.30. The van der Waals surface area contributed by atoms with Gasteiger partial charge in [-0.05, 0) is 47.1 Å². The van der Waals surface area contributed by atoms with Gasteiger partial charge in [0.1, 0.15) is 33.9 Å². The summed E-state index contributed by atoms with van der Waals surface area (Å²) in [6.45, 7) is 1.61. The number of nitriles is 2. The van der Waals surface area contributed by atoms with Crippen LogP contribution in [0.1, 0.15) is 16.7 Å². The van der Waals surface area contributed by atoms with Crippen molar-refractivity contribution in [3.05, 3.63) is 93.9 Å². The van der Waals surface area contributed by atoms with Gasteiger partial charge in [0.25, 0.3) is 0 Å². The molecular weight excluding hydrogens is 586 g/mol. The number of hydrogen-bond acceptors (Lipinski definition) is 8. The molecule has 0 aliphatic rings. The van der Waals surface area contributed by atoms with E-state index in [0.29, 0.717) is 34.1 Å². The maximum Gasteiger partial charge on any atom is 0.171 e. The Morgan fingerprint density at radius 2 is 1.25 bits per heavy atom. The van der Waals surface area contributed by atoms with Gasteiger partial charge < -0.3 is 18.9 Å². The Labute approximate surface area is 239 Å². The Morgan fingerprint density at radius 3 is 1.65 bits per heavy atom. The van der Waals surface area contributed by atoms with E-state index >= 15 is 0 Å². The lowest BCUT2D eigenvalue weighted by molar-refractivity contribution is 0.350. The van der Waals surface area contributed by atoms with Crippen LogP contribution in [0.4, 0.5) is 8.78 Å². The zero-order valence-corrected chi connectivity index (χ0v) is 23.9. The molecule has 2 aromatic carbocycles. The van der Waals surface area contributed by atoms with Gasteiger partial charge in [-0.25, -0.2) is 13.8 Å². The number of nitrogens with zero attached hydrogens (tertiary/aromatic N) is 4. The predicted octanol–water partition coefficient (Wildman–Crippen LogP) is 6.64. The monoisotopic (exact) mass is 610 g/mol. The third kappa shape index (κ3) is 7.65. The van der Waals surface area contributed by atoms with Gasteiger partial charge in [-0.3, -0.25) is 4.98 Å². The number of aromatic nitrogens is 2. The molecule has 8 nitrogen and oxygen atoms in total. The number of halogens is 3. The zero-order valence-electron chi connectivity index (χ0n) is 22.3. The third-order valence-electron chi connectivity index (χ3n) is 5.26. The summed E-state index contributed by atoms with van der Waals surface area (Å²) in [5, 5.41) is 17.8. The van der Waals surface area contributed by atoms with Gasteiger partial charge in [-0.15, -0.1) is 0 Å². The predicted molar refractivity (Wildman–Crippen MR) is 148 cm³/mol. The summed E-state index contributed by atoms with van der Waals surface area (Å²) in [6, 6.07) is 16.7. The fourth-order valence-corrected chi connectivity index (χ4v) is 3.71. The van der Waals surface area contributed by atoms with Crippen molar-refractivity contribution >= 4 is 15.9 Å². The summed E-state index contributed by atoms with van der Waals surface area (Å²) in [7, 11) is 5.71. The van der Waals surface area contributed by atoms with Crippen molar-refractivity contribution in [3.63, 3.8) is 0 Å². The summed E-state index contributed by atoms with van der Waals surface area (Å²) >= 11 is 3.20. The molecule has 0 aliphatic carbocycles. The van der Waals surface area contributed by atoms with Crippen LogP contribution >= 0.6 is 15.9 Å². The van der Waals surface area contributed by atoms with E-state index < -0.39 is 11.6 Å². The first kappa shape index (κ1) is 31.5. The van der Waals surface area contributed by atoms with E-state index in [1.165, 1.54) is 28.4 Å². The van der Waals surface area contributed by atoms with Crippen molar-refractivity contribution in [2.45, 2.75) is 6.92 Å². The van der Waals surface area contributed by atoms with E-state index in [1.807, 2.05) is 24.3 Å². The molecule has 0 bridgehead atoms. The second-order valence-corrected chi connectivity index (χ2v) is 8.34. The lowest BCUT2D eigenvalue weighted by atomic mass is 10.0. The molecule has 206 valence electrons. The number of benzene rings is 2. The molecule has 0 amide bonds. The van der Waals surface area contributed by atoms with Crippen LogP contribution < -0.4 is 18.9 Å². The number of methoxy groups -OCH3 is 4. The molecule has 0 unspecified atom stereocenters. The topological polar surface area (TPSA) is 110 Å². The summed E-state index contributed by atoms with van der Waals surface area (Å²) in [5.41, 5.74) is 1.07. The first-order valence-electron chi connectivity index (χ1n) is 11.4. The summed E-state index contributed by atoms with van der Waals surface area (Å²) < 4.78 is 48.3. The molecule has 2 aromatic heterocycles. The van der Waals surface area contributed by atoms with E-state index in [0.717, 1.165) is 16.7 Å². The van der Waals surface area contributed by atoms with Crippen molar-refractivity contribution in [2.24, 2.45) is 0 Å². The largest absolute Gasteiger partial charge is 0.493 e. The van der Waals surface area contributed by atoms with Gasteiger partial charge in [-0.1, -0.05) is 12.1 Å². The van der Waals surface area contributed by atoms with Crippen molar-refractivity contribution in [1.82, 2.24) is 9.97 Å². The van der Waals surface area contributed by atoms with Gasteiger partial charge in [0, 0.05) is 30.1 Å². The van der Waals surface area contributed by atoms with Crippen LogP contribution in [0.3, 0.4) is 0 Å². The molecule has 0 saturated carbocycles.